The number of rotatable bonds is 7. The number of amides is 1. The lowest BCUT2D eigenvalue weighted by atomic mass is 10.0. The fraction of sp³-hybridized carbons (Fsp3) is 0.615. The molecule has 1 aromatic heterocycles. The molecule has 5 nitrogen and oxygen atoms in total. The van der Waals surface area contributed by atoms with Crippen LogP contribution in [0.5, 0.6) is 0 Å². The van der Waals surface area contributed by atoms with Gasteiger partial charge in [0.25, 0.3) is 0 Å². The van der Waals surface area contributed by atoms with Gasteiger partial charge in [-0.3, -0.25) is 4.79 Å². The van der Waals surface area contributed by atoms with Crippen LogP contribution in [-0.4, -0.2) is 30.3 Å². The van der Waals surface area contributed by atoms with Crippen LogP contribution in [0.3, 0.4) is 0 Å². The summed E-state index contributed by atoms with van der Waals surface area (Å²) in [6, 6.07) is 3.37. The Labute approximate surface area is 107 Å². The van der Waals surface area contributed by atoms with E-state index < -0.39 is 11.7 Å². The molecule has 0 saturated carbocycles. The second-order valence-corrected chi connectivity index (χ2v) is 4.32. The molecule has 0 bridgehead atoms. The van der Waals surface area contributed by atoms with E-state index in [1.807, 2.05) is 13.8 Å². The van der Waals surface area contributed by atoms with Gasteiger partial charge < -0.3 is 19.6 Å². The van der Waals surface area contributed by atoms with Gasteiger partial charge in [0.05, 0.1) is 12.8 Å². The van der Waals surface area contributed by atoms with E-state index >= 15 is 0 Å². The summed E-state index contributed by atoms with van der Waals surface area (Å²) in [5.74, 6) is 0.207. The van der Waals surface area contributed by atoms with E-state index in [0.29, 0.717) is 18.8 Å². The van der Waals surface area contributed by atoms with Gasteiger partial charge in [0.2, 0.25) is 5.91 Å². The molecule has 2 unspecified atom stereocenters. The first kappa shape index (κ1) is 14.7. The van der Waals surface area contributed by atoms with Crippen LogP contribution in [0.25, 0.3) is 0 Å². The number of furan rings is 1. The normalized spacial score (nSPS) is 16.0. The predicted octanol–water partition coefficient (Wildman–Crippen LogP) is 1.42. The molecule has 1 aromatic rings. The molecule has 18 heavy (non-hydrogen) atoms. The van der Waals surface area contributed by atoms with Crippen LogP contribution in [0.15, 0.2) is 22.8 Å². The van der Waals surface area contributed by atoms with Crippen molar-refractivity contribution in [1.82, 2.24) is 5.32 Å². The highest BCUT2D eigenvalue weighted by atomic mass is 16.5. The van der Waals surface area contributed by atoms with Crippen molar-refractivity contribution < 1.29 is 19.1 Å². The lowest BCUT2D eigenvalue weighted by molar-refractivity contribution is -0.134. The van der Waals surface area contributed by atoms with Crippen molar-refractivity contribution in [2.24, 2.45) is 0 Å². The number of carbonyl (C=O) groups excluding carboxylic acids is 1. The quantitative estimate of drug-likeness (QED) is 0.773. The number of hydrogen-bond donors (Lipinski definition) is 2. The van der Waals surface area contributed by atoms with E-state index in [0.717, 1.165) is 0 Å². The largest absolute Gasteiger partial charge is 0.466 e. The molecule has 0 aliphatic carbocycles. The minimum Gasteiger partial charge on any atom is -0.466 e. The highest BCUT2D eigenvalue weighted by Crippen LogP contribution is 2.19. The van der Waals surface area contributed by atoms with Gasteiger partial charge in [-0.15, -0.1) is 0 Å². The first-order valence-electron chi connectivity index (χ1n) is 6.17. The zero-order chi connectivity index (χ0) is 13.6. The molecule has 0 aromatic carbocycles. The molecule has 0 spiro atoms. The number of ether oxygens (including phenoxy) is 1. The van der Waals surface area contributed by atoms with Gasteiger partial charge in [-0.05, 0) is 32.4 Å². The summed E-state index contributed by atoms with van der Waals surface area (Å²) in [6.45, 7) is 5.89. The van der Waals surface area contributed by atoms with Crippen molar-refractivity contribution in [2.75, 3.05) is 13.2 Å². The Morgan fingerprint density at radius 1 is 1.61 bits per heavy atom. The van der Waals surface area contributed by atoms with Gasteiger partial charge in [0, 0.05) is 6.61 Å². The number of nitrogens with one attached hydrogen (secondary N) is 1. The Morgan fingerprint density at radius 2 is 2.33 bits per heavy atom. The molecular weight excluding hydrogens is 234 g/mol. The van der Waals surface area contributed by atoms with Gasteiger partial charge in [0.1, 0.15) is 17.5 Å². The molecule has 0 radical (unpaired) electrons. The fourth-order valence-electron chi connectivity index (χ4n) is 1.63. The lowest BCUT2D eigenvalue weighted by Gasteiger charge is -2.23. The number of carbonyl (C=O) groups is 1. The standard InChI is InChI=1S/C13H21NO4/c1-4-10(17-5-2)12(15)14-9-13(3,16)11-7-6-8-18-11/h6-8,10,16H,4-5,9H2,1-3H3,(H,14,15). The van der Waals surface area contributed by atoms with E-state index in [1.165, 1.54) is 6.26 Å². The topological polar surface area (TPSA) is 71.7 Å². The third-order valence-corrected chi connectivity index (χ3v) is 2.69. The highest BCUT2D eigenvalue weighted by molar-refractivity contribution is 5.80. The van der Waals surface area contributed by atoms with Crippen LogP contribution in [0.2, 0.25) is 0 Å². The van der Waals surface area contributed by atoms with E-state index in [-0.39, 0.29) is 12.5 Å². The molecule has 2 N–H and O–H groups in total. The van der Waals surface area contributed by atoms with Crippen LogP contribution in [0.4, 0.5) is 0 Å². The maximum atomic E-state index is 11.8. The fourth-order valence-corrected chi connectivity index (χ4v) is 1.63. The monoisotopic (exact) mass is 255 g/mol. The van der Waals surface area contributed by atoms with Crippen molar-refractivity contribution in [1.29, 1.82) is 0 Å². The Kier molecular flexibility index (Phi) is 5.37. The summed E-state index contributed by atoms with van der Waals surface area (Å²) in [6.07, 6.45) is 1.62. The van der Waals surface area contributed by atoms with Crippen LogP contribution in [0, 0.1) is 0 Å². The predicted molar refractivity (Wildman–Crippen MR) is 67.0 cm³/mol. The van der Waals surface area contributed by atoms with E-state index in [4.69, 9.17) is 9.15 Å². The third-order valence-electron chi connectivity index (χ3n) is 2.69. The first-order chi connectivity index (χ1) is 8.51. The Bertz CT molecular complexity index is 359. The molecule has 1 amide bonds. The highest BCUT2D eigenvalue weighted by Gasteiger charge is 2.28. The van der Waals surface area contributed by atoms with Gasteiger partial charge in [-0.25, -0.2) is 0 Å². The second kappa shape index (κ2) is 6.56. The van der Waals surface area contributed by atoms with Crippen molar-refractivity contribution >= 4 is 5.91 Å². The van der Waals surface area contributed by atoms with Crippen LogP contribution < -0.4 is 5.32 Å². The van der Waals surface area contributed by atoms with Crippen LogP contribution in [0.1, 0.15) is 33.0 Å². The van der Waals surface area contributed by atoms with Crippen molar-refractivity contribution in [2.45, 2.75) is 38.9 Å². The maximum absolute atomic E-state index is 11.8. The summed E-state index contributed by atoms with van der Waals surface area (Å²) >= 11 is 0. The number of aliphatic hydroxyl groups is 1. The zero-order valence-corrected chi connectivity index (χ0v) is 11.1. The summed E-state index contributed by atoms with van der Waals surface area (Å²) in [7, 11) is 0. The van der Waals surface area contributed by atoms with E-state index in [2.05, 4.69) is 5.32 Å². The molecule has 1 heterocycles. The van der Waals surface area contributed by atoms with Crippen molar-refractivity contribution in [3.8, 4) is 0 Å². The molecule has 5 heteroatoms. The SMILES string of the molecule is CCOC(CC)C(=O)NCC(C)(O)c1ccco1. The van der Waals surface area contributed by atoms with Crippen LogP contribution in [-0.2, 0) is 15.1 Å². The molecule has 0 fully saturated rings. The minimum atomic E-state index is -1.22. The molecule has 0 aliphatic rings. The summed E-state index contributed by atoms with van der Waals surface area (Å²) in [5, 5.41) is 12.8. The van der Waals surface area contributed by atoms with Gasteiger partial charge in [0.15, 0.2) is 0 Å². The van der Waals surface area contributed by atoms with Crippen LogP contribution >= 0.6 is 0 Å². The minimum absolute atomic E-state index is 0.0862. The molecule has 1 rings (SSSR count). The molecule has 0 saturated heterocycles. The summed E-state index contributed by atoms with van der Waals surface area (Å²) in [5.41, 5.74) is -1.22. The van der Waals surface area contributed by atoms with Gasteiger partial charge >= 0.3 is 0 Å². The Balaban J connectivity index is 2.51. The molecule has 102 valence electrons. The zero-order valence-electron chi connectivity index (χ0n) is 11.1. The summed E-state index contributed by atoms with van der Waals surface area (Å²) < 4.78 is 10.4. The number of hydrogen-bond acceptors (Lipinski definition) is 4. The van der Waals surface area contributed by atoms with Gasteiger partial charge in [-0.1, -0.05) is 6.92 Å². The van der Waals surface area contributed by atoms with Crippen molar-refractivity contribution in [3.05, 3.63) is 24.2 Å². The maximum Gasteiger partial charge on any atom is 0.249 e. The average Bonchev–Trinajstić information content (AvgIpc) is 2.87. The Morgan fingerprint density at radius 3 is 2.83 bits per heavy atom. The molecular formula is C13H21NO4. The smallest absolute Gasteiger partial charge is 0.249 e. The van der Waals surface area contributed by atoms with E-state index in [1.54, 1.807) is 19.1 Å². The lowest BCUT2D eigenvalue weighted by Crippen LogP contribution is -2.43. The third kappa shape index (κ3) is 3.85. The van der Waals surface area contributed by atoms with E-state index in [9.17, 15) is 9.90 Å². The second-order valence-electron chi connectivity index (χ2n) is 4.32. The van der Waals surface area contributed by atoms with Gasteiger partial charge in [-0.2, -0.15) is 0 Å². The molecule has 0 aliphatic heterocycles. The molecule has 2 atom stereocenters. The Hall–Kier alpha value is -1.33. The first-order valence-corrected chi connectivity index (χ1v) is 6.17. The summed E-state index contributed by atoms with van der Waals surface area (Å²) in [4.78, 5) is 11.8. The average molecular weight is 255 g/mol. The van der Waals surface area contributed by atoms with Crippen molar-refractivity contribution in [3.63, 3.8) is 0 Å².